The van der Waals surface area contributed by atoms with E-state index in [0.29, 0.717) is 18.2 Å². The van der Waals surface area contributed by atoms with E-state index < -0.39 is 5.92 Å². The molecule has 4 rings (SSSR count). The number of fused-ring (bicyclic) bond motifs is 3. The second kappa shape index (κ2) is 4.52. The summed E-state index contributed by atoms with van der Waals surface area (Å²) in [6, 6.07) is 0. The first-order valence-electron chi connectivity index (χ1n) is 6.96. The van der Waals surface area contributed by atoms with Crippen molar-refractivity contribution in [3.8, 4) is 0 Å². The van der Waals surface area contributed by atoms with Crippen LogP contribution in [0.2, 0.25) is 0 Å². The van der Waals surface area contributed by atoms with Crippen LogP contribution in [0.1, 0.15) is 17.9 Å². The van der Waals surface area contributed by atoms with E-state index >= 15 is 0 Å². The van der Waals surface area contributed by atoms with Gasteiger partial charge in [0.15, 0.2) is 0 Å². The Hall–Kier alpha value is -1.96. The Kier molecular flexibility index (Phi) is 2.81. The smallest absolute Gasteiger partial charge is 0.266 e. The van der Waals surface area contributed by atoms with Crippen LogP contribution in [-0.4, -0.2) is 38.9 Å². The molecule has 0 saturated carbocycles. The summed E-state index contributed by atoms with van der Waals surface area (Å²) in [6.07, 6.45) is 1.29. The second-order valence-corrected chi connectivity index (χ2v) is 6.54. The third-order valence-corrected chi connectivity index (χ3v) is 4.93. The van der Waals surface area contributed by atoms with Crippen molar-refractivity contribution in [2.75, 3.05) is 18.0 Å². The van der Waals surface area contributed by atoms with Gasteiger partial charge in [-0.25, -0.2) is 28.7 Å². The molecule has 3 aromatic heterocycles. The minimum atomic E-state index is -2.65. The highest BCUT2D eigenvalue weighted by atomic mass is 32.1. The molecule has 5 nitrogen and oxygen atoms in total. The van der Waals surface area contributed by atoms with Crippen molar-refractivity contribution in [1.82, 2.24) is 19.9 Å². The van der Waals surface area contributed by atoms with Crippen molar-refractivity contribution in [3.63, 3.8) is 0 Å². The van der Waals surface area contributed by atoms with Crippen LogP contribution in [0, 0.1) is 13.8 Å². The van der Waals surface area contributed by atoms with Crippen molar-refractivity contribution in [2.24, 2.45) is 0 Å². The summed E-state index contributed by atoms with van der Waals surface area (Å²) < 4.78 is 27.8. The quantitative estimate of drug-likeness (QED) is 0.689. The van der Waals surface area contributed by atoms with Gasteiger partial charge >= 0.3 is 0 Å². The predicted molar refractivity (Wildman–Crippen MR) is 81.8 cm³/mol. The number of thiophene rings is 1. The monoisotopic (exact) mass is 321 g/mol. The molecule has 4 heterocycles. The van der Waals surface area contributed by atoms with Crippen LogP contribution in [0.4, 0.5) is 14.6 Å². The van der Waals surface area contributed by atoms with Crippen LogP contribution in [0.3, 0.4) is 0 Å². The van der Waals surface area contributed by atoms with Crippen LogP contribution in [0.5, 0.6) is 0 Å². The molecule has 0 bridgehead atoms. The van der Waals surface area contributed by atoms with Crippen LogP contribution < -0.4 is 4.90 Å². The van der Waals surface area contributed by atoms with Crippen molar-refractivity contribution in [2.45, 2.75) is 26.2 Å². The summed E-state index contributed by atoms with van der Waals surface area (Å²) in [5.41, 5.74) is 1.60. The number of aryl methyl sites for hydroxylation is 2. The maximum absolute atomic E-state index is 13.5. The Morgan fingerprint density at radius 3 is 2.77 bits per heavy atom. The largest absolute Gasteiger partial charge is 0.349 e. The third kappa shape index (κ3) is 2.01. The molecule has 0 spiro atoms. The minimum Gasteiger partial charge on any atom is -0.349 e. The fourth-order valence-corrected chi connectivity index (χ4v) is 4.14. The van der Waals surface area contributed by atoms with Crippen molar-refractivity contribution < 1.29 is 8.78 Å². The Bertz CT molecular complexity index is 892. The van der Waals surface area contributed by atoms with Gasteiger partial charge in [-0.05, 0) is 13.8 Å². The van der Waals surface area contributed by atoms with Crippen molar-refractivity contribution in [1.29, 1.82) is 0 Å². The first-order valence-corrected chi connectivity index (χ1v) is 7.77. The first kappa shape index (κ1) is 13.7. The average Bonchev–Trinajstić information content (AvgIpc) is 2.97. The van der Waals surface area contributed by atoms with Crippen molar-refractivity contribution >= 4 is 37.6 Å². The number of nitrogens with zero attached hydrogens (tertiary/aromatic N) is 5. The van der Waals surface area contributed by atoms with Crippen LogP contribution >= 0.6 is 11.3 Å². The van der Waals surface area contributed by atoms with E-state index in [9.17, 15) is 8.78 Å². The number of rotatable bonds is 1. The molecule has 0 unspecified atom stereocenters. The number of hydrogen-bond donors (Lipinski definition) is 0. The van der Waals surface area contributed by atoms with Gasteiger partial charge in [-0.2, -0.15) is 0 Å². The molecule has 0 aromatic carbocycles. The molecule has 22 heavy (non-hydrogen) atoms. The molecule has 0 atom stereocenters. The molecule has 1 saturated heterocycles. The van der Waals surface area contributed by atoms with Crippen LogP contribution in [-0.2, 0) is 0 Å². The zero-order chi connectivity index (χ0) is 15.5. The Balaban J connectivity index is 1.96. The maximum Gasteiger partial charge on any atom is 0.266 e. The SMILES string of the molecule is Cc1nc(C)c2c(n1)sc1c(N3CCC(F)(F)C3)ncnc12. The number of halogens is 2. The molecule has 0 radical (unpaired) electrons. The molecule has 3 aromatic rings. The molecule has 0 amide bonds. The molecular weight excluding hydrogens is 308 g/mol. The summed E-state index contributed by atoms with van der Waals surface area (Å²) in [6.45, 7) is 3.76. The van der Waals surface area contributed by atoms with E-state index in [-0.39, 0.29) is 13.0 Å². The van der Waals surface area contributed by atoms with Crippen LogP contribution in [0.15, 0.2) is 6.33 Å². The predicted octanol–water partition coefficient (Wildman–Crippen LogP) is 3.10. The lowest BCUT2D eigenvalue weighted by Crippen LogP contribution is -2.25. The number of hydrogen-bond acceptors (Lipinski definition) is 6. The molecule has 8 heteroatoms. The van der Waals surface area contributed by atoms with Gasteiger partial charge in [0, 0.05) is 13.0 Å². The number of anilines is 1. The highest BCUT2D eigenvalue weighted by molar-refractivity contribution is 7.26. The highest BCUT2D eigenvalue weighted by Gasteiger charge is 2.39. The lowest BCUT2D eigenvalue weighted by atomic mass is 10.2. The van der Waals surface area contributed by atoms with Gasteiger partial charge in [0.2, 0.25) is 0 Å². The first-order chi connectivity index (χ1) is 10.4. The Labute approximate surface area is 129 Å². The molecule has 1 aliphatic rings. The van der Waals surface area contributed by atoms with Gasteiger partial charge in [-0.15, -0.1) is 11.3 Å². The molecule has 114 valence electrons. The zero-order valence-corrected chi connectivity index (χ0v) is 12.9. The summed E-state index contributed by atoms with van der Waals surface area (Å²) in [5, 5.41) is 0.889. The van der Waals surface area contributed by atoms with Gasteiger partial charge in [0.05, 0.1) is 27.8 Å². The molecular formula is C14H13F2N5S. The lowest BCUT2D eigenvalue weighted by Gasteiger charge is -2.17. The number of alkyl halides is 2. The van der Waals surface area contributed by atoms with E-state index in [0.717, 1.165) is 26.1 Å². The van der Waals surface area contributed by atoms with Gasteiger partial charge < -0.3 is 4.90 Å². The minimum absolute atomic E-state index is 0.138. The second-order valence-electron chi connectivity index (χ2n) is 5.54. The molecule has 0 N–H and O–H groups in total. The normalized spacial score (nSPS) is 17.7. The number of aromatic nitrogens is 4. The Morgan fingerprint density at radius 1 is 1.23 bits per heavy atom. The fraction of sp³-hybridized carbons (Fsp3) is 0.429. The Morgan fingerprint density at radius 2 is 2.05 bits per heavy atom. The summed E-state index contributed by atoms with van der Waals surface area (Å²) in [5.74, 6) is -1.39. The van der Waals surface area contributed by atoms with E-state index in [4.69, 9.17) is 0 Å². The van der Waals surface area contributed by atoms with Gasteiger partial charge in [-0.1, -0.05) is 0 Å². The van der Waals surface area contributed by atoms with Crippen molar-refractivity contribution in [3.05, 3.63) is 17.8 Å². The standard InChI is InChI=1S/C14H13F2N5S/c1-7-9-10-11(22-13(9)20-8(2)19-7)12(18-6-17-10)21-4-3-14(15,16)5-21/h6H,3-5H2,1-2H3. The topological polar surface area (TPSA) is 54.8 Å². The lowest BCUT2D eigenvalue weighted by molar-refractivity contribution is 0.0257. The van der Waals surface area contributed by atoms with E-state index in [1.807, 2.05) is 13.8 Å². The maximum atomic E-state index is 13.5. The highest BCUT2D eigenvalue weighted by Crippen LogP contribution is 2.39. The fourth-order valence-electron chi connectivity index (χ4n) is 2.90. The molecule has 1 fully saturated rings. The average molecular weight is 321 g/mol. The van der Waals surface area contributed by atoms with E-state index in [1.54, 1.807) is 4.90 Å². The van der Waals surface area contributed by atoms with E-state index in [1.165, 1.54) is 17.7 Å². The van der Waals surface area contributed by atoms with Gasteiger partial charge in [0.1, 0.15) is 22.8 Å². The molecule has 1 aliphatic heterocycles. The zero-order valence-electron chi connectivity index (χ0n) is 12.1. The molecule has 0 aliphatic carbocycles. The summed E-state index contributed by atoms with van der Waals surface area (Å²) in [7, 11) is 0. The summed E-state index contributed by atoms with van der Waals surface area (Å²) in [4.78, 5) is 19.9. The van der Waals surface area contributed by atoms with Gasteiger partial charge in [0.25, 0.3) is 5.92 Å². The summed E-state index contributed by atoms with van der Waals surface area (Å²) >= 11 is 1.44. The van der Waals surface area contributed by atoms with Gasteiger partial charge in [-0.3, -0.25) is 0 Å². The third-order valence-electron chi connectivity index (χ3n) is 3.86. The van der Waals surface area contributed by atoms with Crippen LogP contribution in [0.25, 0.3) is 20.4 Å². The van der Waals surface area contributed by atoms with E-state index in [2.05, 4.69) is 19.9 Å².